The molecule has 0 saturated carbocycles. The Morgan fingerprint density at radius 3 is 3.04 bits per heavy atom. The van der Waals surface area contributed by atoms with Crippen LogP contribution in [0.1, 0.15) is 11.4 Å². The van der Waals surface area contributed by atoms with Crippen molar-refractivity contribution in [3.8, 4) is 5.75 Å². The Morgan fingerprint density at radius 1 is 1.38 bits per heavy atom. The number of amides is 1. The molecule has 1 aliphatic heterocycles. The SMILES string of the molecule is CN(Cc1nc2ccccc2[nH]1)C(=O)C1Cc2cc(Cl)ccc2O1. The molecule has 1 aromatic heterocycles. The van der Waals surface area contributed by atoms with Gasteiger partial charge in [0.2, 0.25) is 0 Å². The number of para-hydroxylation sites is 2. The van der Waals surface area contributed by atoms with E-state index in [9.17, 15) is 4.79 Å². The number of rotatable bonds is 3. The minimum absolute atomic E-state index is 0.0669. The monoisotopic (exact) mass is 341 g/mol. The van der Waals surface area contributed by atoms with Crippen LogP contribution in [0.15, 0.2) is 42.5 Å². The summed E-state index contributed by atoms with van der Waals surface area (Å²) in [5.74, 6) is 1.42. The molecule has 1 N–H and O–H groups in total. The minimum Gasteiger partial charge on any atom is -0.480 e. The van der Waals surface area contributed by atoms with E-state index in [1.54, 1.807) is 18.0 Å². The normalized spacial score (nSPS) is 16.0. The van der Waals surface area contributed by atoms with Crippen molar-refractivity contribution in [3.63, 3.8) is 0 Å². The molecule has 2 aromatic carbocycles. The van der Waals surface area contributed by atoms with Gasteiger partial charge in [-0.15, -0.1) is 0 Å². The number of hydrogen-bond acceptors (Lipinski definition) is 3. The lowest BCUT2D eigenvalue weighted by atomic mass is 10.1. The average Bonchev–Trinajstić information content (AvgIpc) is 3.16. The molecule has 1 aliphatic rings. The van der Waals surface area contributed by atoms with Crippen molar-refractivity contribution in [3.05, 3.63) is 58.9 Å². The van der Waals surface area contributed by atoms with Crippen molar-refractivity contribution in [1.82, 2.24) is 14.9 Å². The number of nitrogens with zero attached hydrogens (tertiary/aromatic N) is 2. The van der Waals surface area contributed by atoms with Crippen LogP contribution in [-0.2, 0) is 17.8 Å². The van der Waals surface area contributed by atoms with E-state index in [0.29, 0.717) is 18.0 Å². The molecule has 4 rings (SSSR count). The number of fused-ring (bicyclic) bond motifs is 2. The lowest BCUT2D eigenvalue weighted by molar-refractivity contribution is -0.137. The summed E-state index contributed by atoms with van der Waals surface area (Å²) in [4.78, 5) is 22.0. The second-order valence-corrected chi connectivity index (χ2v) is 6.39. The number of aromatic amines is 1. The van der Waals surface area contributed by atoms with Crippen molar-refractivity contribution >= 4 is 28.5 Å². The Kier molecular flexibility index (Phi) is 3.65. The number of carbonyl (C=O) groups is 1. The summed E-state index contributed by atoms with van der Waals surface area (Å²) in [7, 11) is 1.76. The number of benzene rings is 2. The number of hydrogen-bond donors (Lipinski definition) is 1. The molecular formula is C18H16ClN3O2. The maximum absolute atomic E-state index is 12.6. The van der Waals surface area contributed by atoms with Crippen LogP contribution in [0.2, 0.25) is 5.02 Å². The Hall–Kier alpha value is -2.53. The molecule has 2 heterocycles. The van der Waals surface area contributed by atoms with Crippen LogP contribution in [0.4, 0.5) is 0 Å². The number of likely N-dealkylation sites (N-methyl/N-ethyl adjacent to an activating group) is 1. The number of carbonyl (C=O) groups excluding carboxylic acids is 1. The largest absolute Gasteiger partial charge is 0.480 e. The van der Waals surface area contributed by atoms with Crippen LogP contribution in [0, 0.1) is 0 Å². The molecule has 0 bridgehead atoms. The molecule has 0 aliphatic carbocycles. The molecule has 0 spiro atoms. The fraction of sp³-hybridized carbons (Fsp3) is 0.222. The third kappa shape index (κ3) is 2.71. The summed E-state index contributed by atoms with van der Waals surface area (Å²) in [5, 5.41) is 0.654. The van der Waals surface area contributed by atoms with Crippen LogP contribution < -0.4 is 4.74 Å². The molecule has 122 valence electrons. The molecule has 3 aromatic rings. The lowest BCUT2D eigenvalue weighted by Crippen LogP contribution is -2.38. The number of imidazole rings is 1. The Morgan fingerprint density at radius 2 is 2.21 bits per heavy atom. The van der Waals surface area contributed by atoms with Crippen LogP contribution in [0.5, 0.6) is 5.75 Å². The highest BCUT2D eigenvalue weighted by Crippen LogP contribution is 2.31. The Balaban J connectivity index is 1.47. The van der Waals surface area contributed by atoms with E-state index >= 15 is 0 Å². The molecule has 6 heteroatoms. The first-order chi connectivity index (χ1) is 11.6. The van der Waals surface area contributed by atoms with Gasteiger partial charge in [0.25, 0.3) is 5.91 Å². The van der Waals surface area contributed by atoms with E-state index in [1.807, 2.05) is 36.4 Å². The first-order valence-corrected chi connectivity index (χ1v) is 8.11. The zero-order chi connectivity index (χ0) is 16.7. The fourth-order valence-corrected chi connectivity index (χ4v) is 3.18. The standard InChI is InChI=1S/C18H16ClN3O2/c1-22(10-17-20-13-4-2-3-5-14(13)21-17)18(23)16-9-11-8-12(19)6-7-15(11)24-16/h2-8,16H,9-10H2,1H3,(H,20,21). The topological polar surface area (TPSA) is 58.2 Å². The number of aromatic nitrogens is 2. The number of nitrogens with one attached hydrogen (secondary N) is 1. The predicted octanol–water partition coefficient (Wildman–Crippen LogP) is 3.18. The van der Waals surface area contributed by atoms with Gasteiger partial charge in [-0.05, 0) is 35.9 Å². The molecule has 0 radical (unpaired) electrons. The van der Waals surface area contributed by atoms with Crippen molar-refractivity contribution in [1.29, 1.82) is 0 Å². The fourth-order valence-electron chi connectivity index (χ4n) is 2.98. The van der Waals surface area contributed by atoms with E-state index in [0.717, 1.165) is 28.2 Å². The van der Waals surface area contributed by atoms with Crippen LogP contribution in [0.3, 0.4) is 0 Å². The summed E-state index contributed by atoms with van der Waals surface area (Å²) in [6.45, 7) is 0.407. The highest BCUT2D eigenvalue weighted by Gasteiger charge is 2.31. The van der Waals surface area contributed by atoms with Gasteiger partial charge in [0.15, 0.2) is 6.10 Å². The quantitative estimate of drug-likeness (QED) is 0.796. The molecule has 24 heavy (non-hydrogen) atoms. The van der Waals surface area contributed by atoms with E-state index in [1.165, 1.54) is 0 Å². The zero-order valence-corrected chi connectivity index (χ0v) is 13.9. The Labute approximate surface area is 144 Å². The van der Waals surface area contributed by atoms with E-state index in [2.05, 4.69) is 9.97 Å². The van der Waals surface area contributed by atoms with Gasteiger partial charge in [0, 0.05) is 18.5 Å². The number of halogens is 1. The van der Waals surface area contributed by atoms with Crippen molar-refractivity contribution < 1.29 is 9.53 Å². The van der Waals surface area contributed by atoms with Crippen LogP contribution in [-0.4, -0.2) is 33.9 Å². The summed E-state index contributed by atoms with van der Waals surface area (Å²) < 4.78 is 5.76. The van der Waals surface area contributed by atoms with Gasteiger partial charge >= 0.3 is 0 Å². The summed E-state index contributed by atoms with van der Waals surface area (Å²) >= 11 is 6.00. The van der Waals surface area contributed by atoms with Gasteiger partial charge in [0.1, 0.15) is 11.6 Å². The van der Waals surface area contributed by atoms with Gasteiger partial charge in [-0.3, -0.25) is 4.79 Å². The third-order valence-corrected chi connectivity index (χ3v) is 4.41. The maximum Gasteiger partial charge on any atom is 0.264 e. The lowest BCUT2D eigenvalue weighted by Gasteiger charge is -2.19. The molecule has 5 nitrogen and oxygen atoms in total. The molecule has 0 fully saturated rings. The van der Waals surface area contributed by atoms with Gasteiger partial charge in [-0.25, -0.2) is 4.98 Å². The summed E-state index contributed by atoms with van der Waals surface area (Å²) in [5.41, 5.74) is 2.83. The summed E-state index contributed by atoms with van der Waals surface area (Å²) in [6, 6.07) is 13.2. The van der Waals surface area contributed by atoms with Crippen molar-refractivity contribution in [2.75, 3.05) is 7.05 Å². The van der Waals surface area contributed by atoms with Gasteiger partial charge in [-0.1, -0.05) is 23.7 Å². The van der Waals surface area contributed by atoms with Crippen molar-refractivity contribution in [2.45, 2.75) is 19.1 Å². The van der Waals surface area contributed by atoms with Crippen LogP contribution in [0.25, 0.3) is 11.0 Å². The van der Waals surface area contributed by atoms with Gasteiger partial charge in [0.05, 0.1) is 17.6 Å². The van der Waals surface area contributed by atoms with Crippen LogP contribution >= 0.6 is 11.6 Å². The highest BCUT2D eigenvalue weighted by molar-refractivity contribution is 6.30. The first kappa shape index (κ1) is 15.0. The average molecular weight is 342 g/mol. The van der Waals surface area contributed by atoms with E-state index < -0.39 is 6.10 Å². The van der Waals surface area contributed by atoms with Gasteiger partial charge in [-0.2, -0.15) is 0 Å². The molecule has 1 unspecified atom stereocenters. The second-order valence-electron chi connectivity index (χ2n) is 5.96. The van der Waals surface area contributed by atoms with E-state index in [4.69, 9.17) is 16.3 Å². The number of H-pyrrole nitrogens is 1. The highest BCUT2D eigenvalue weighted by atomic mass is 35.5. The zero-order valence-electron chi connectivity index (χ0n) is 13.1. The Bertz CT molecular complexity index is 889. The van der Waals surface area contributed by atoms with Crippen molar-refractivity contribution in [2.24, 2.45) is 0 Å². The molecular weight excluding hydrogens is 326 g/mol. The second kappa shape index (κ2) is 5.83. The predicted molar refractivity (Wildman–Crippen MR) is 92.1 cm³/mol. The number of ether oxygens (including phenoxy) is 1. The summed E-state index contributed by atoms with van der Waals surface area (Å²) in [6.07, 6.45) is 0.0342. The molecule has 1 atom stereocenters. The van der Waals surface area contributed by atoms with E-state index in [-0.39, 0.29) is 5.91 Å². The first-order valence-electron chi connectivity index (χ1n) is 7.74. The molecule has 1 amide bonds. The van der Waals surface area contributed by atoms with Gasteiger partial charge < -0.3 is 14.6 Å². The smallest absolute Gasteiger partial charge is 0.264 e. The minimum atomic E-state index is -0.507. The molecule has 0 saturated heterocycles. The maximum atomic E-state index is 12.6. The third-order valence-electron chi connectivity index (χ3n) is 4.17.